The molecule has 0 fully saturated rings. The number of aryl methyl sites for hydroxylation is 1. The maximum absolute atomic E-state index is 9.96. The van der Waals surface area contributed by atoms with Gasteiger partial charge in [0.05, 0.1) is 3.57 Å². The van der Waals surface area contributed by atoms with Crippen molar-refractivity contribution in [3.05, 3.63) is 26.3 Å². The molecule has 1 aliphatic rings. The fourth-order valence-corrected chi connectivity index (χ4v) is 3.04. The molecule has 0 radical (unpaired) electrons. The molecule has 3 heteroatoms. The van der Waals surface area contributed by atoms with E-state index in [4.69, 9.17) is 5.73 Å². The van der Waals surface area contributed by atoms with Gasteiger partial charge in [-0.1, -0.05) is 6.42 Å². The largest absolute Gasteiger partial charge is 0.506 e. The Morgan fingerprint density at radius 2 is 2.00 bits per heavy atom. The van der Waals surface area contributed by atoms with E-state index in [0.717, 1.165) is 22.0 Å². The summed E-state index contributed by atoms with van der Waals surface area (Å²) in [6.45, 7) is 0.449. The Hall–Kier alpha value is -0.290. The van der Waals surface area contributed by atoms with Gasteiger partial charge in [-0.05, 0) is 65.5 Å². The van der Waals surface area contributed by atoms with Crippen molar-refractivity contribution in [2.45, 2.75) is 38.6 Å². The van der Waals surface area contributed by atoms with Gasteiger partial charge in [0.15, 0.2) is 0 Å². The average molecular weight is 317 g/mol. The van der Waals surface area contributed by atoms with Gasteiger partial charge in [0.25, 0.3) is 0 Å². The Morgan fingerprint density at radius 1 is 1.27 bits per heavy atom. The SMILES string of the molecule is NCc1c(O)c(I)cc2c1CCCCC2. The van der Waals surface area contributed by atoms with Gasteiger partial charge in [0.2, 0.25) is 0 Å². The molecule has 2 rings (SSSR count). The predicted octanol–water partition coefficient (Wildman–Crippen LogP) is 2.72. The van der Waals surface area contributed by atoms with Gasteiger partial charge in [-0.2, -0.15) is 0 Å². The van der Waals surface area contributed by atoms with Gasteiger partial charge in [-0.3, -0.25) is 0 Å². The second kappa shape index (κ2) is 4.70. The van der Waals surface area contributed by atoms with Crippen LogP contribution >= 0.6 is 22.6 Å². The monoisotopic (exact) mass is 317 g/mol. The van der Waals surface area contributed by atoms with E-state index >= 15 is 0 Å². The van der Waals surface area contributed by atoms with Crippen LogP contribution in [0.3, 0.4) is 0 Å². The number of nitrogens with two attached hydrogens (primary N) is 1. The summed E-state index contributed by atoms with van der Waals surface area (Å²) in [6.07, 6.45) is 5.99. The Morgan fingerprint density at radius 3 is 2.73 bits per heavy atom. The lowest BCUT2D eigenvalue weighted by atomic mass is 9.96. The van der Waals surface area contributed by atoms with Gasteiger partial charge < -0.3 is 10.8 Å². The molecule has 0 saturated carbocycles. The second-order valence-electron chi connectivity index (χ2n) is 4.09. The van der Waals surface area contributed by atoms with Crippen molar-refractivity contribution in [2.75, 3.05) is 0 Å². The normalized spacial score (nSPS) is 15.9. The zero-order valence-electron chi connectivity index (χ0n) is 8.72. The molecular formula is C12H16INO. The lowest BCUT2D eigenvalue weighted by Gasteiger charge is -2.14. The van der Waals surface area contributed by atoms with E-state index in [2.05, 4.69) is 28.7 Å². The van der Waals surface area contributed by atoms with Crippen LogP contribution in [0, 0.1) is 3.57 Å². The van der Waals surface area contributed by atoms with E-state index < -0.39 is 0 Å². The molecule has 0 unspecified atom stereocenters. The molecule has 0 bridgehead atoms. The number of halogens is 1. The molecule has 0 aromatic heterocycles. The molecule has 0 spiro atoms. The maximum atomic E-state index is 9.96. The summed E-state index contributed by atoms with van der Waals surface area (Å²) in [6, 6.07) is 2.12. The number of phenols is 1. The van der Waals surface area contributed by atoms with E-state index in [0.29, 0.717) is 12.3 Å². The van der Waals surface area contributed by atoms with Gasteiger partial charge in [0, 0.05) is 12.1 Å². The van der Waals surface area contributed by atoms with E-state index in [-0.39, 0.29) is 0 Å². The Kier molecular flexibility index (Phi) is 3.51. The zero-order chi connectivity index (χ0) is 10.8. The molecule has 0 aliphatic heterocycles. The van der Waals surface area contributed by atoms with E-state index in [1.165, 1.54) is 30.4 Å². The van der Waals surface area contributed by atoms with Crippen LogP contribution in [0.2, 0.25) is 0 Å². The first-order chi connectivity index (χ1) is 7.24. The molecule has 0 heterocycles. The second-order valence-corrected chi connectivity index (χ2v) is 5.25. The first kappa shape index (κ1) is 11.2. The number of aromatic hydroxyl groups is 1. The van der Waals surface area contributed by atoms with Crippen molar-refractivity contribution in [1.82, 2.24) is 0 Å². The van der Waals surface area contributed by atoms with E-state index in [9.17, 15) is 5.11 Å². The van der Waals surface area contributed by atoms with Crippen LogP contribution in [-0.4, -0.2) is 5.11 Å². The number of hydrogen-bond donors (Lipinski definition) is 2. The minimum Gasteiger partial charge on any atom is -0.506 e. The van der Waals surface area contributed by atoms with E-state index in [1.807, 2.05) is 0 Å². The molecule has 2 nitrogen and oxygen atoms in total. The van der Waals surface area contributed by atoms with Crippen LogP contribution in [0.1, 0.15) is 36.0 Å². The van der Waals surface area contributed by atoms with Crippen molar-refractivity contribution in [3.8, 4) is 5.75 Å². The number of rotatable bonds is 1. The fraction of sp³-hybridized carbons (Fsp3) is 0.500. The van der Waals surface area contributed by atoms with E-state index in [1.54, 1.807) is 0 Å². The van der Waals surface area contributed by atoms with Crippen molar-refractivity contribution in [3.63, 3.8) is 0 Å². The van der Waals surface area contributed by atoms with Crippen molar-refractivity contribution in [1.29, 1.82) is 0 Å². The van der Waals surface area contributed by atoms with Crippen molar-refractivity contribution >= 4 is 22.6 Å². The molecule has 1 aromatic rings. The number of benzene rings is 1. The summed E-state index contributed by atoms with van der Waals surface area (Å²) in [7, 11) is 0. The highest BCUT2D eigenvalue weighted by atomic mass is 127. The molecule has 1 aromatic carbocycles. The lowest BCUT2D eigenvalue weighted by molar-refractivity contribution is 0.463. The molecular weight excluding hydrogens is 301 g/mol. The van der Waals surface area contributed by atoms with Crippen molar-refractivity contribution < 1.29 is 5.11 Å². The first-order valence-corrected chi connectivity index (χ1v) is 6.54. The molecule has 0 saturated heterocycles. The highest BCUT2D eigenvalue weighted by Gasteiger charge is 2.16. The molecule has 1 aliphatic carbocycles. The summed E-state index contributed by atoms with van der Waals surface area (Å²) in [5, 5.41) is 9.96. The molecule has 15 heavy (non-hydrogen) atoms. The zero-order valence-corrected chi connectivity index (χ0v) is 10.9. The van der Waals surface area contributed by atoms with Crippen LogP contribution in [0.5, 0.6) is 5.75 Å². The fourth-order valence-electron chi connectivity index (χ4n) is 2.34. The standard InChI is InChI=1S/C12H16INO/c13-11-6-8-4-2-1-3-5-9(8)10(7-14)12(11)15/h6,15H,1-5,7,14H2. The average Bonchev–Trinajstić information content (AvgIpc) is 2.45. The highest BCUT2D eigenvalue weighted by Crippen LogP contribution is 2.33. The van der Waals surface area contributed by atoms with Gasteiger partial charge in [0.1, 0.15) is 5.75 Å². The first-order valence-electron chi connectivity index (χ1n) is 5.46. The quantitative estimate of drug-likeness (QED) is 0.618. The summed E-state index contributed by atoms with van der Waals surface area (Å²) in [4.78, 5) is 0. The van der Waals surface area contributed by atoms with Gasteiger partial charge in [-0.15, -0.1) is 0 Å². The minimum absolute atomic E-state index is 0.402. The summed E-state index contributed by atoms with van der Waals surface area (Å²) in [5.41, 5.74) is 9.41. The van der Waals surface area contributed by atoms with Crippen LogP contribution in [0.25, 0.3) is 0 Å². The summed E-state index contributed by atoms with van der Waals surface area (Å²) < 4.78 is 0.939. The van der Waals surface area contributed by atoms with Crippen LogP contribution in [-0.2, 0) is 19.4 Å². The van der Waals surface area contributed by atoms with Gasteiger partial charge >= 0.3 is 0 Å². The maximum Gasteiger partial charge on any atom is 0.133 e. The third-order valence-electron chi connectivity index (χ3n) is 3.14. The van der Waals surface area contributed by atoms with Gasteiger partial charge in [-0.25, -0.2) is 0 Å². The molecule has 0 amide bonds. The third kappa shape index (κ3) is 2.13. The third-order valence-corrected chi connectivity index (χ3v) is 3.96. The lowest BCUT2D eigenvalue weighted by Crippen LogP contribution is -2.06. The summed E-state index contributed by atoms with van der Waals surface area (Å²) >= 11 is 2.19. The minimum atomic E-state index is 0.402. The highest BCUT2D eigenvalue weighted by molar-refractivity contribution is 14.1. The molecule has 3 N–H and O–H groups in total. The number of hydrogen-bond acceptors (Lipinski definition) is 2. The topological polar surface area (TPSA) is 46.2 Å². The summed E-state index contributed by atoms with van der Waals surface area (Å²) in [5.74, 6) is 0.402. The van der Waals surface area contributed by atoms with Crippen LogP contribution in [0.4, 0.5) is 0 Å². The molecule has 0 atom stereocenters. The Labute approximate surface area is 104 Å². The predicted molar refractivity (Wildman–Crippen MR) is 70.0 cm³/mol. The van der Waals surface area contributed by atoms with Crippen LogP contribution in [0.15, 0.2) is 6.07 Å². The Balaban J connectivity index is 2.56. The van der Waals surface area contributed by atoms with Crippen LogP contribution < -0.4 is 5.73 Å². The number of phenolic OH excluding ortho intramolecular Hbond substituents is 1. The number of fused-ring (bicyclic) bond motifs is 1. The molecule has 82 valence electrons. The smallest absolute Gasteiger partial charge is 0.133 e. The van der Waals surface area contributed by atoms with Crippen molar-refractivity contribution in [2.24, 2.45) is 5.73 Å². The Bertz CT molecular complexity index is 376.